The van der Waals surface area contributed by atoms with Gasteiger partial charge in [0.1, 0.15) is 5.82 Å². The van der Waals surface area contributed by atoms with Gasteiger partial charge in [-0.3, -0.25) is 4.98 Å². The second-order valence-corrected chi connectivity index (χ2v) is 3.94. The van der Waals surface area contributed by atoms with Gasteiger partial charge >= 0.3 is 0 Å². The zero-order valence-electron chi connectivity index (χ0n) is 10.3. The molecule has 4 nitrogen and oxygen atoms in total. The number of aromatic nitrogens is 3. The second-order valence-electron chi connectivity index (χ2n) is 3.94. The van der Waals surface area contributed by atoms with Gasteiger partial charge in [-0.15, -0.1) is 0 Å². The molecule has 0 aromatic carbocycles. The van der Waals surface area contributed by atoms with Crippen molar-refractivity contribution in [1.82, 2.24) is 19.9 Å². The third-order valence-corrected chi connectivity index (χ3v) is 2.89. The molecule has 0 radical (unpaired) electrons. The van der Waals surface area contributed by atoms with Crippen LogP contribution in [0.4, 0.5) is 0 Å². The number of nitrogens with one attached hydrogen (secondary N) is 1. The first kappa shape index (κ1) is 11.8. The van der Waals surface area contributed by atoms with E-state index in [1.54, 1.807) is 0 Å². The third kappa shape index (κ3) is 2.71. The molecule has 2 rings (SSSR count). The summed E-state index contributed by atoms with van der Waals surface area (Å²) < 4.78 is 2.16. The number of likely N-dealkylation sites (N-methyl/N-ethyl adjacent to an activating group) is 1. The first-order valence-electron chi connectivity index (χ1n) is 5.93. The van der Waals surface area contributed by atoms with Gasteiger partial charge in [0.2, 0.25) is 0 Å². The minimum Gasteiger partial charge on any atom is -0.334 e. The Morgan fingerprint density at radius 3 is 2.82 bits per heavy atom. The zero-order chi connectivity index (χ0) is 12.1. The Morgan fingerprint density at radius 2 is 2.18 bits per heavy atom. The maximum atomic E-state index is 4.43. The summed E-state index contributed by atoms with van der Waals surface area (Å²) >= 11 is 0. The lowest BCUT2D eigenvalue weighted by Gasteiger charge is -2.16. The largest absolute Gasteiger partial charge is 0.334 e. The van der Waals surface area contributed by atoms with Crippen LogP contribution in [0.15, 0.2) is 36.8 Å². The van der Waals surface area contributed by atoms with Gasteiger partial charge in [0.05, 0.1) is 6.04 Å². The van der Waals surface area contributed by atoms with Crippen LogP contribution in [0.5, 0.6) is 0 Å². The molecular weight excluding hydrogens is 212 g/mol. The molecule has 0 fully saturated rings. The van der Waals surface area contributed by atoms with Crippen molar-refractivity contribution >= 4 is 0 Å². The highest BCUT2D eigenvalue weighted by Gasteiger charge is 2.15. The summed E-state index contributed by atoms with van der Waals surface area (Å²) in [4.78, 5) is 8.78. The Labute approximate surface area is 102 Å². The van der Waals surface area contributed by atoms with Gasteiger partial charge in [-0.1, -0.05) is 6.07 Å². The van der Waals surface area contributed by atoms with Crippen molar-refractivity contribution in [1.29, 1.82) is 0 Å². The molecule has 0 amide bonds. The van der Waals surface area contributed by atoms with E-state index in [0.29, 0.717) is 0 Å². The number of hydrogen-bond acceptors (Lipinski definition) is 3. The monoisotopic (exact) mass is 230 g/mol. The number of imidazole rings is 1. The fraction of sp³-hybridized carbons (Fsp3) is 0.385. The highest BCUT2D eigenvalue weighted by molar-refractivity contribution is 5.09. The lowest BCUT2D eigenvalue weighted by molar-refractivity contribution is 0.519. The van der Waals surface area contributed by atoms with Crippen molar-refractivity contribution in [3.63, 3.8) is 0 Å². The van der Waals surface area contributed by atoms with Gasteiger partial charge in [0.15, 0.2) is 0 Å². The molecule has 0 bridgehead atoms. The fourth-order valence-corrected chi connectivity index (χ4v) is 1.95. The normalized spacial score (nSPS) is 12.6. The number of hydrogen-bond donors (Lipinski definition) is 1. The molecule has 0 aliphatic heterocycles. The van der Waals surface area contributed by atoms with E-state index in [1.165, 1.54) is 0 Å². The molecule has 17 heavy (non-hydrogen) atoms. The first-order chi connectivity index (χ1) is 8.35. The maximum Gasteiger partial charge on any atom is 0.126 e. The van der Waals surface area contributed by atoms with Crippen molar-refractivity contribution in [3.05, 3.63) is 48.3 Å². The third-order valence-electron chi connectivity index (χ3n) is 2.89. The van der Waals surface area contributed by atoms with Gasteiger partial charge < -0.3 is 9.88 Å². The minimum atomic E-state index is 0.208. The van der Waals surface area contributed by atoms with E-state index in [-0.39, 0.29) is 6.04 Å². The number of pyridine rings is 1. The molecule has 2 aromatic heterocycles. The van der Waals surface area contributed by atoms with Crippen molar-refractivity contribution in [2.45, 2.75) is 25.9 Å². The highest BCUT2D eigenvalue weighted by atomic mass is 15.1. The Kier molecular flexibility index (Phi) is 3.88. The Balaban J connectivity index is 2.17. The molecule has 0 spiro atoms. The van der Waals surface area contributed by atoms with Gasteiger partial charge in [-0.2, -0.15) is 0 Å². The predicted octanol–water partition coefficient (Wildman–Crippen LogP) is 1.80. The van der Waals surface area contributed by atoms with Crippen LogP contribution in [0, 0.1) is 0 Å². The average Bonchev–Trinajstić information content (AvgIpc) is 2.85. The van der Waals surface area contributed by atoms with Crippen LogP contribution >= 0.6 is 0 Å². The van der Waals surface area contributed by atoms with Crippen LogP contribution in [0.25, 0.3) is 0 Å². The molecule has 4 heteroatoms. The van der Waals surface area contributed by atoms with Crippen molar-refractivity contribution < 1.29 is 0 Å². The molecule has 0 saturated carbocycles. The summed E-state index contributed by atoms with van der Waals surface area (Å²) in [6, 6.07) is 6.20. The molecular formula is C13H18N4. The molecule has 0 saturated heterocycles. The molecule has 0 aliphatic rings. The van der Waals surface area contributed by atoms with Crippen LogP contribution in [0.2, 0.25) is 0 Å². The van der Waals surface area contributed by atoms with E-state index in [9.17, 15) is 0 Å². The van der Waals surface area contributed by atoms with Gasteiger partial charge in [0.25, 0.3) is 0 Å². The summed E-state index contributed by atoms with van der Waals surface area (Å²) in [6.45, 7) is 3.06. The maximum absolute atomic E-state index is 4.43. The minimum absolute atomic E-state index is 0.208. The predicted molar refractivity (Wildman–Crippen MR) is 67.6 cm³/mol. The van der Waals surface area contributed by atoms with Gasteiger partial charge in [-0.25, -0.2) is 4.98 Å². The molecule has 1 unspecified atom stereocenters. The van der Waals surface area contributed by atoms with E-state index >= 15 is 0 Å². The highest BCUT2D eigenvalue weighted by Crippen LogP contribution is 2.15. The summed E-state index contributed by atoms with van der Waals surface area (Å²) in [5.41, 5.74) is 1.08. The topological polar surface area (TPSA) is 42.7 Å². The van der Waals surface area contributed by atoms with E-state index in [2.05, 4.69) is 26.8 Å². The Bertz CT molecular complexity index is 449. The van der Waals surface area contributed by atoms with Crippen molar-refractivity contribution in [2.75, 3.05) is 7.05 Å². The van der Waals surface area contributed by atoms with Crippen LogP contribution in [0.3, 0.4) is 0 Å². The summed E-state index contributed by atoms with van der Waals surface area (Å²) in [5, 5.41) is 3.30. The second kappa shape index (κ2) is 5.59. The van der Waals surface area contributed by atoms with Gasteiger partial charge in [0, 0.05) is 37.3 Å². The SMILES string of the molecule is CCn1ccnc1C(Cc1ccccn1)NC. The van der Waals surface area contributed by atoms with E-state index in [4.69, 9.17) is 0 Å². The Hall–Kier alpha value is -1.68. The van der Waals surface area contributed by atoms with Crippen molar-refractivity contribution in [3.8, 4) is 0 Å². The number of rotatable bonds is 5. The quantitative estimate of drug-likeness (QED) is 0.851. The van der Waals surface area contributed by atoms with Crippen LogP contribution in [-0.4, -0.2) is 21.6 Å². The number of aryl methyl sites for hydroxylation is 1. The molecule has 1 N–H and O–H groups in total. The van der Waals surface area contributed by atoms with Crippen LogP contribution in [-0.2, 0) is 13.0 Å². The Morgan fingerprint density at radius 1 is 1.29 bits per heavy atom. The summed E-state index contributed by atoms with van der Waals surface area (Å²) in [5.74, 6) is 1.07. The standard InChI is InChI=1S/C13H18N4/c1-3-17-9-8-16-13(17)12(14-2)10-11-6-4-5-7-15-11/h4-9,12,14H,3,10H2,1-2H3. The zero-order valence-corrected chi connectivity index (χ0v) is 10.3. The molecule has 90 valence electrons. The van der Waals surface area contributed by atoms with Crippen LogP contribution < -0.4 is 5.32 Å². The van der Waals surface area contributed by atoms with E-state index in [1.807, 2.05) is 43.8 Å². The molecule has 1 atom stereocenters. The van der Waals surface area contributed by atoms with Crippen LogP contribution in [0.1, 0.15) is 24.5 Å². The average molecular weight is 230 g/mol. The first-order valence-corrected chi connectivity index (χ1v) is 5.93. The van der Waals surface area contributed by atoms with E-state index in [0.717, 1.165) is 24.5 Å². The smallest absolute Gasteiger partial charge is 0.126 e. The number of nitrogens with zero attached hydrogens (tertiary/aromatic N) is 3. The summed E-state index contributed by atoms with van der Waals surface area (Å²) in [7, 11) is 1.96. The van der Waals surface area contributed by atoms with Crippen molar-refractivity contribution in [2.24, 2.45) is 0 Å². The lowest BCUT2D eigenvalue weighted by atomic mass is 10.1. The molecule has 2 aromatic rings. The van der Waals surface area contributed by atoms with Gasteiger partial charge in [-0.05, 0) is 26.1 Å². The van der Waals surface area contributed by atoms with E-state index < -0.39 is 0 Å². The molecule has 2 heterocycles. The summed E-state index contributed by atoms with van der Waals surface area (Å²) in [6.07, 6.45) is 6.54. The fourth-order valence-electron chi connectivity index (χ4n) is 1.95. The molecule has 0 aliphatic carbocycles. The lowest BCUT2D eigenvalue weighted by Crippen LogP contribution is -2.23.